The van der Waals surface area contributed by atoms with Gasteiger partial charge < -0.3 is 9.15 Å². The van der Waals surface area contributed by atoms with Crippen molar-refractivity contribution >= 4 is 10.2 Å². The van der Waals surface area contributed by atoms with Crippen molar-refractivity contribution in [3.8, 4) is 0 Å². The van der Waals surface area contributed by atoms with Crippen molar-refractivity contribution in [3.63, 3.8) is 0 Å². The van der Waals surface area contributed by atoms with Crippen molar-refractivity contribution in [2.24, 2.45) is 5.92 Å². The molecule has 6 nitrogen and oxygen atoms in total. The summed E-state index contributed by atoms with van der Waals surface area (Å²) in [4.78, 5) is 0. The molecule has 2 aliphatic rings. The second-order valence-electron chi connectivity index (χ2n) is 5.90. The molecular weight excluding hydrogens is 292 g/mol. The topological polar surface area (TPSA) is 63.0 Å². The Morgan fingerprint density at radius 2 is 2.00 bits per heavy atom. The summed E-state index contributed by atoms with van der Waals surface area (Å²) in [5, 5.41) is 0. The summed E-state index contributed by atoms with van der Waals surface area (Å²) in [5.41, 5.74) is 0. The Labute approximate surface area is 125 Å². The monoisotopic (exact) mass is 314 g/mol. The van der Waals surface area contributed by atoms with Gasteiger partial charge in [0.05, 0.1) is 19.8 Å². The van der Waals surface area contributed by atoms with Gasteiger partial charge in [0.25, 0.3) is 10.2 Å². The van der Waals surface area contributed by atoms with Crippen LogP contribution in [-0.4, -0.2) is 50.4 Å². The molecule has 1 aromatic heterocycles. The first-order valence-electron chi connectivity index (χ1n) is 7.36. The highest BCUT2D eigenvalue weighted by Crippen LogP contribution is 2.47. The SMILES string of the molecule is C[C@H]1C[C@@H]1c1ccc(CN(C)S(=O)(=O)N2CCOCC2)o1. The van der Waals surface area contributed by atoms with Crippen LogP contribution in [-0.2, 0) is 21.5 Å². The van der Waals surface area contributed by atoms with Gasteiger partial charge in [0.2, 0.25) is 0 Å². The highest BCUT2D eigenvalue weighted by atomic mass is 32.2. The predicted octanol–water partition coefficient (Wildman–Crippen LogP) is 1.41. The molecule has 2 heterocycles. The molecule has 7 heteroatoms. The summed E-state index contributed by atoms with van der Waals surface area (Å²) in [7, 11) is -1.85. The van der Waals surface area contributed by atoms with E-state index in [1.807, 2.05) is 12.1 Å². The van der Waals surface area contributed by atoms with Crippen LogP contribution in [0, 0.1) is 5.92 Å². The van der Waals surface area contributed by atoms with Crippen LogP contribution in [0.5, 0.6) is 0 Å². The molecule has 118 valence electrons. The molecule has 1 aliphatic carbocycles. The maximum absolute atomic E-state index is 12.4. The maximum Gasteiger partial charge on any atom is 0.282 e. The van der Waals surface area contributed by atoms with Crippen LogP contribution in [0.2, 0.25) is 0 Å². The molecule has 1 saturated carbocycles. The van der Waals surface area contributed by atoms with Crippen molar-refractivity contribution in [1.82, 2.24) is 8.61 Å². The molecule has 0 N–H and O–H groups in total. The van der Waals surface area contributed by atoms with Gasteiger partial charge in [0.1, 0.15) is 11.5 Å². The van der Waals surface area contributed by atoms with Crippen LogP contribution in [0.4, 0.5) is 0 Å². The van der Waals surface area contributed by atoms with Gasteiger partial charge in [-0.1, -0.05) is 6.92 Å². The Hall–Kier alpha value is -0.890. The second kappa shape index (κ2) is 5.72. The fourth-order valence-electron chi connectivity index (χ4n) is 2.67. The van der Waals surface area contributed by atoms with Gasteiger partial charge in [-0.3, -0.25) is 0 Å². The normalized spacial score (nSPS) is 27.2. The van der Waals surface area contributed by atoms with Crippen molar-refractivity contribution in [2.45, 2.75) is 25.8 Å². The second-order valence-corrected chi connectivity index (χ2v) is 7.93. The Morgan fingerprint density at radius 3 is 2.62 bits per heavy atom. The van der Waals surface area contributed by atoms with Crippen LogP contribution in [0.3, 0.4) is 0 Å². The van der Waals surface area contributed by atoms with E-state index in [0.717, 1.165) is 12.2 Å². The van der Waals surface area contributed by atoms with E-state index in [0.29, 0.717) is 43.9 Å². The lowest BCUT2D eigenvalue weighted by Gasteiger charge is -2.29. The Morgan fingerprint density at radius 1 is 1.33 bits per heavy atom. The van der Waals surface area contributed by atoms with Crippen molar-refractivity contribution in [2.75, 3.05) is 33.4 Å². The van der Waals surface area contributed by atoms with Crippen LogP contribution >= 0.6 is 0 Å². The van der Waals surface area contributed by atoms with Gasteiger partial charge in [0, 0.05) is 26.1 Å². The molecule has 0 aromatic carbocycles. The highest BCUT2D eigenvalue weighted by molar-refractivity contribution is 7.86. The molecule has 0 spiro atoms. The third kappa shape index (κ3) is 3.15. The molecule has 2 fully saturated rings. The summed E-state index contributed by atoms with van der Waals surface area (Å²) in [6, 6.07) is 3.85. The number of rotatable bonds is 5. The van der Waals surface area contributed by atoms with Gasteiger partial charge in [-0.15, -0.1) is 0 Å². The van der Waals surface area contributed by atoms with E-state index in [9.17, 15) is 8.42 Å². The van der Waals surface area contributed by atoms with Crippen LogP contribution in [0.15, 0.2) is 16.5 Å². The van der Waals surface area contributed by atoms with E-state index < -0.39 is 10.2 Å². The Kier molecular flexibility index (Phi) is 4.09. The number of nitrogens with zero attached hydrogens (tertiary/aromatic N) is 2. The van der Waals surface area contributed by atoms with E-state index >= 15 is 0 Å². The number of furan rings is 1. The maximum atomic E-state index is 12.4. The van der Waals surface area contributed by atoms with E-state index in [4.69, 9.17) is 9.15 Å². The average molecular weight is 314 g/mol. The molecule has 0 bridgehead atoms. The number of hydrogen-bond donors (Lipinski definition) is 0. The zero-order chi connectivity index (χ0) is 15.0. The minimum absolute atomic E-state index is 0.265. The van der Waals surface area contributed by atoms with E-state index in [-0.39, 0.29) is 6.54 Å². The molecule has 0 unspecified atom stereocenters. The van der Waals surface area contributed by atoms with Crippen LogP contribution in [0.1, 0.15) is 30.8 Å². The lowest BCUT2D eigenvalue weighted by molar-refractivity contribution is 0.0704. The quantitative estimate of drug-likeness (QED) is 0.824. The minimum Gasteiger partial charge on any atom is -0.464 e. The van der Waals surface area contributed by atoms with Crippen LogP contribution < -0.4 is 0 Å². The number of morpholine rings is 1. The molecule has 3 rings (SSSR count). The van der Waals surface area contributed by atoms with Gasteiger partial charge in [-0.25, -0.2) is 0 Å². The lowest BCUT2D eigenvalue weighted by atomic mass is 10.3. The van der Waals surface area contributed by atoms with Gasteiger partial charge >= 0.3 is 0 Å². The van der Waals surface area contributed by atoms with Crippen molar-refractivity contribution < 1.29 is 17.6 Å². The minimum atomic E-state index is -3.44. The molecule has 1 aliphatic heterocycles. The molecule has 1 saturated heterocycles. The number of hydrogen-bond acceptors (Lipinski definition) is 4. The Balaban J connectivity index is 1.64. The highest BCUT2D eigenvalue weighted by Gasteiger charge is 2.37. The zero-order valence-electron chi connectivity index (χ0n) is 12.5. The van der Waals surface area contributed by atoms with Crippen molar-refractivity contribution in [3.05, 3.63) is 23.7 Å². The van der Waals surface area contributed by atoms with Crippen molar-refractivity contribution in [1.29, 1.82) is 0 Å². The first-order valence-corrected chi connectivity index (χ1v) is 8.76. The molecule has 0 radical (unpaired) electrons. The zero-order valence-corrected chi connectivity index (χ0v) is 13.3. The summed E-state index contributed by atoms with van der Waals surface area (Å²) in [6.07, 6.45) is 1.16. The average Bonchev–Trinajstić information content (AvgIpc) is 3.02. The molecule has 21 heavy (non-hydrogen) atoms. The van der Waals surface area contributed by atoms with E-state index in [2.05, 4.69) is 6.92 Å². The summed E-state index contributed by atoms with van der Waals surface area (Å²) >= 11 is 0. The Bertz CT molecular complexity index is 592. The molecule has 1 aromatic rings. The largest absolute Gasteiger partial charge is 0.464 e. The smallest absolute Gasteiger partial charge is 0.282 e. The number of ether oxygens (including phenoxy) is 1. The molecule has 0 amide bonds. The third-order valence-electron chi connectivity index (χ3n) is 4.23. The molecular formula is C14H22N2O4S. The van der Waals surface area contributed by atoms with Gasteiger partial charge in [-0.05, 0) is 24.5 Å². The van der Waals surface area contributed by atoms with E-state index in [1.54, 1.807) is 7.05 Å². The van der Waals surface area contributed by atoms with Gasteiger partial charge in [-0.2, -0.15) is 17.0 Å². The summed E-state index contributed by atoms with van der Waals surface area (Å²) in [5.74, 6) is 2.87. The predicted molar refractivity (Wildman–Crippen MR) is 78.0 cm³/mol. The van der Waals surface area contributed by atoms with E-state index in [1.165, 1.54) is 8.61 Å². The summed E-state index contributed by atoms with van der Waals surface area (Å²) in [6.45, 7) is 4.20. The fourth-order valence-corrected chi connectivity index (χ4v) is 3.97. The van der Waals surface area contributed by atoms with Crippen LogP contribution in [0.25, 0.3) is 0 Å². The first kappa shape index (κ1) is 15.0. The summed E-state index contributed by atoms with van der Waals surface area (Å²) < 4.78 is 38.7. The fraction of sp³-hybridized carbons (Fsp3) is 0.714. The molecule has 2 atom stereocenters. The first-order chi connectivity index (χ1) is 9.98. The standard InChI is InChI=1S/C14H22N2O4S/c1-11-9-13(11)14-4-3-12(20-14)10-15(2)21(17,18)16-5-7-19-8-6-16/h3-4,11,13H,5-10H2,1-2H3/t11-,13-/m0/s1. The lowest BCUT2D eigenvalue weighted by Crippen LogP contribution is -2.46. The van der Waals surface area contributed by atoms with Gasteiger partial charge in [0.15, 0.2) is 0 Å². The third-order valence-corrected chi connectivity index (χ3v) is 6.16.